The van der Waals surface area contributed by atoms with Crippen LogP contribution in [0.3, 0.4) is 0 Å². The molecule has 1 aromatic heterocycles. The van der Waals surface area contributed by atoms with Crippen molar-refractivity contribution < 1.29 is 9.59 Å². The summed E-state index contributed by atoms with van der Waals surface area (Å²) in [7, 11) is 0. The number of hydrogen-bond donors (Lipinski definition) is 1. The molecule has 1 atom stereocenters. The maximum Gasteiger partial charge on any atom is 0.279 e. The lowest BCUT2D eigenvalue weighted by Gasteiger charge is -2.15. The third-order valence-corrected chi connectivity index (χ3v) is 7.67. The van der Waals surface area contributed by atoms with Crippen LogP contribution in [0.15, 0.2) is 64.6 Å². The molecule has 0 spiro atoms. The van der Waals surface area contributed by atoms with Crippen LogP contribution in [0.1, 0.15) is 37.3 Å². The number of ketones is 1. The molecule has 3 aromatic rings. The van der Waals surface area contributed by atoms with Gasteiger partial charge in [-0.15, -0.1) is 10.2 Å². The molecule has 4 rings (SSSR count). The van der Waals surface area contributed by atoms with Gasteiger partial charge in [-0.25, -0.2) is 0 Å². The maximum absolute atomic E-state index is 12.8. The van der Waals surface area contributed by atoms with Gasteiger partial charge in [0, 0.05) is 17.2 Å². The number of tetrazole rings is 1. The minimum atomic E-state index is -0.577. The summed E-state index contributed by atoms with van der Waals surface area (Å²) < 4.78 is 0. The second-order valence-corrected chi connectivity index (χ2v) is 10.9. The molecule has 0 radical (unpaired) electrons. The lowest BCUT2D eigenvalue weighted by molar-refractivity contribution is -0.121. The highest BCUT2D eigenvalue weighted by Gasteiger charge is 2.21. The molecule has 190 valence electrons. The number of nitrogens with one attached hydrogen (secondary N) is 1. The number of nitrogens with zero attached hydrogens (tertiary/aromatic N) is 5. The van der Waals surface area contributed by atoms with E-state index in [1.165, 1.54) is 65.4 Å². The first-order valence-corrected chi connectivity index (χ1v) is 14.2. The fraction of sp³-hybridized carbons (Fsp3) is 0.423. The number of rotatable bonds is 12. The molecule has 0 bridgehead atoms. The van der Waals surface area contributed by atoms with Crippen molar-refractivity contribution in [2.24, 2.45) is 0 Å². The lowest BCUT2D eigenvalue weighted by atomic mass is 10.1. The first kappa shape index (κ1) is 26.4. The Kier molecular flexibility index (Phi) is 9.94. The van der Waals surface area contributed by atoms with E-state index in [-0.39, 0.29) is 17.6 Å². The van der Waals surface area contributed by atoms with Gasteiger partial charge < -0.3 is 5.32 Å². The van der Waals surface area contributed by atoms with Gasteiger partial charge in [0.05, 0.1) is 6.04 Å². The smallest absolute Gasteiger partial charge is 0.279 e. The number of aryl methyl sites for hydroxylation is 1. The molecular weight excluding hydrogens is 492 g/mol. The highest BCUT2D eigenvalue weighted by Crippen LogP contribution is 2.24. The molecule has 0 saturated carbocycles. The van der Waals surface area contributed by atoms with Crippen LogP contribution in [0.2, 0.25) is 0 Å². The summed E-state index contributed by atoms with van der Waals surface area (Å²) >= 11 is 2.61. The number of aromatic nitrogens is 4. The molecule has 1 aliphatic rings. The van der Waals surface area contributed by atoms with Gasteiger partial charge in [-0.1, -0.05) is 61.2 Å². The van der Waals surface area contributed by atoms with Crippen LogP contribution < -0.4 is 5.32 Å². The number of Topliss-reactive ketones (excluding diaryl/α,β-unsaturated/α-hetero) is 1. The summed E-state index contributed by atoms with van der Waals surface area (Å²) in [6.45, 7) is 5.19. The number of carbonyl (C=O) groups is 2. The van der Waals surface area contributed by atoms with Crippen LogP contribution >= 0.6 is 23.5 Å². The Morgan fingerprint density at radius 2 is 1.78 bits per heavy atom. The lowest BCUT2D eigenvalue weighted by Crippen LogP contribution is -2.40. The van der Waals surface area contributed by atoms with Gasteiger partial charge in [0.1, 0.15) is 6.54 Å². The normalized spacial score (nSPS) is 14.6. The summed E-state index contributed by atoms with van der Waals surface area (Å²) in [4.78, 5) is 29.9. The first-order valence-electron chi connectivity index (χ1n) is 12.4. The van der Waals surface area contributed by atoms with Crippen molar-refractivity contribution in [3.05, 3.63) is 65.7 Å². The Labute approximate surface area is 220 Å². The number of benzene rings is 2. The predicted octanol–water partition coefficient (Wildman–Crippen LogP) is 4.45. The zero-order valence-electron chi connectivity index (χ0n) is 20.5. The Hall–Kier alpha value is -2.69. The molecule has 1 saturated heterocycles. The molecule has 1 aliphatic heterocycles. The number of likely N-dealkylation sites (tertiary alicyclic amines) is 1. The first-order chi connectivity index (χ1) is 17.6. The van der Waals surface area contributed by atoms with Gasteiger partial charge in [-0.05, 0) is 79.0 Å². The van der Waals surface area contributed by atoms with Gasteiger partial charge in [-0.2, -0.15) is 4.80 Å². The van der Waals surface area contributed by atoms with Crippen LogP contribution in [0.4, 0.5) is 4.79 Å². The maximum atomic E-state index is 12.8. The highest BCUT2D eigenvalue weighted by molar-refractivity contribution is 8.13. The largest absolute Gasteiger partial charge is 0.337 e. The highest BCUT2D eigenvalue weighted by atomic mass is 32.2. The van der Waals surface area contributed by atoms with E-state index in [1.54, 1.807) is 0 Å². The fourth-order valence-corrected chi connectivity index (χ4v) is 5.50. The molecule has 2 aromatic carbocycles. The van der Waals surface area contributed by atoms with Crippen LogP contribution in [0, 0.1) is 0 Å². The van der Waals surface area contributed by atoms with Crippen molar-refractivity contribution in [1.29, 1.82) is 0 Å². The quantitative estimate of drug-likeness (QED) is 0.371. The molecular formula is C26H32N6O2S2. The Morgan fingerprint density at radius 1 is 1.03 bits per heavy atom. The van der Waals surface area contributed by atoms with E-state index in [4.69, 9.17) is 0 Å². The number of thioether (sulfide) groups is 1. The summed E-state index contributed by atoms with van der Waals surface area (Å²) in [6, 6.07) is 17.9. The number of carbonyl (C=O) groups excluding carboxylic acids is 2. The van der Waals surface area contributed by atoms with E-state index in [1.807, 2.05) is 37.3 Å². The molecule has 10 heteroatoms. The molecule has 1 N–H and O–H groups in total. The third-order valence-electron chi connectivity index (χ3n) is 6.02. The summed E-state index contributed by atoms with van der Waals surface area (Å²) in [6.07, 6.45) is 3.88. The van der Waals surface area contributed by atoms with Crippen molar-refractivity contribution in [3.8, 4) is 0 Å². The van der Waals surface area contributed by atoms with Crippen molar-refractivity contribution in [1.82, 2.24) is 30.4 Å². The van der Waals surface area contributed by atoms with Crippen LogP contribution in [0.5, 0.6) is 0 Å². The van der Waals surface area contributed by atoms with Gasteiger partial charge in [-0.3, -0.25) is 14.5 Å². The Balaban J connectivity index is 1.21. The van der Waals surface area contributed by atoms with E-state index in [9.17, 15) is 9.59 Å². The standard InChI is InChI=1S/C26H32N6O2S2/c1-2-23(27-26(34)35-17-14-20-8-4-3-5-9-20)24(33)19-32-29-25(28-30-32)36-22-12-10-21(11-13-22)18-31-15-6-7-16-31/h3-5,8-13,23H,2,6-7,14-19H2,1H3,(H,27,34). The third kappa shape index (κ3) is 8.18. The van der Waals surface area contributed by atoms with Gasteiger partial charge >= 0.3 is 0 Å². The molecule has 1 unspecified atom stereocenters. The van der Waals surface area contributed by atoms with Crippen molar-refractivity contribution in [3.63, 3.8) is 0 Å². The van der Waals surface area contributed by atoms with Crippen LogP contribution in [0.25, 0.3) is 0 Å². The SMILES string of the molecule is CCC(NC(=O)SCCc1ccccc1)C(=O)Cn1nnc(Sc2ccc(CN3CCCC3)cc2)n1. The monoisotopic (exact) mass is 524 g/mol. The average molecular weight is 525 g/mol. The zero-order valence-corrected chi connectivity index (χ0v) is 22.1. The summed E-state index contributed by atoms with van der Waals surface area (Å²) in [5, 5.41) is 15.6. The molecule has 1 amide bonds. The zero-order chi connectivity index (χ0) is 25.2. The molecule has 1 fully saturated rings. The van der Waals surface area contributed by atoms with Gasteiger partial charge in [0.15, 0.2) is 5.78 Å². The van der Waals surface area contributed by atoms with E-state index in [2.05, 4.69) is 49.9 Å². The van der Waals surface area contributed by atoms with Crippen LogP contribution in [-0.2, 0) is 24.3 Å². The van der Waals surface area contributed by atoms with E-state index < -0.39 is 6.04 Å². The average Bonchev–Trinajstić information content (AvgIpc) is 3.56. The van der Waals surface area contributed by atoms with Gasteiger partial charge in [0.25, 0.3) is 5.24 Å². The fourth-order valence-electron chi connectivity index (χ4n) is 4.05. The topological polar surface area (TPSA) is 93.0 Å². The molecule has 8 nitrogen and oxygen atoms in total. The minimum Gasteiger partial charge on any atom is -0.337 e. The van der Waals surface area contributed by atoms with E-state index >= 15 is 0 Å². The minimum absolute atomic E-state index is 0.0319. The second-order valence-electron chi connectivity index (χ2n) is 8.77. The van der Waals surface area contributed by atoms with Gasteiger partial charge in [0.2, 0.25) is 5.16 Å². The summed E-state index contributed by atoms with van der Waals surface area (Å²) in [5.41, 5.74) is 2.49. The van der Waals surface area contributed by atoms with Crippen LogP contribution in [-0.4, -0.2) is 61.0 Å². The number of amides is 1. The molecule has 2 heterocycles. The van der Waals surface area contributed by atoms with E-state index in [0.29, 0.717) is 17.3 Å². The van der Waals surface area contributed by atoms with Crippen molar-refractivity contribution in [2.75, 3.05) is 18.8 Å². The molecule has 36 heavy (non-hydrogen) atoms. The Bertz CT molecular complexity index is 1120. The predicted molar refractivity (Wildman–Crippen MR) is 143 cm³/mol. The second kappa shape index (κ2) is 13.6. The molecule has 0 aliphatic carbocycles. The van der Waals surface area contributed by atoms with Crippen molar-refractivity contribution >= 4 is 34.5 Å². The number of hydrogen-bond acceptors (Lipinski definition) is 8. The van der Waals surface area contributed by atoms with E-state index in [0.717, 1.165) is 17.9 Å². The Morgan fingerprint density at radius 3 is 2.50 bits per heavy atom. The summed E-state index contributed by atoms with van der Waals surface area (Å²) in [5.74, 6) is 0.514. The van der Waals surface area contributed by atoms with Crippen molar-refractivity contribution in [2.45, 2.75) is 61.8 Å².